The molecule has 0 unspecified atom stereocenters. The van der Waals surface area contributed by atoms with Crippen LogP contribution in [0.2, 0.25) is 0 Å². The van der Waals surface area contributed by atoms with E-state index in [0.717, 1.165) is 16.7 Å². The van der Waals surface area contributed by atoms with E-state index in [2.05, 4.69) is 41.7 Å². The molecule has 0 radical (unpaired) electrons. The van der Waals surface area contributed by atoms with Gasteiger partial charge in [0.25, 0.3) is 0 Å². The molecule has 160 valence electrons. The molecule has 4 nitrogen and oxygen atoms in total. The van der Waals surface area contributed by atoms with E-state index in [9.17, 15) is 4.79 Å². The van der Waals surface area contributed by atoms with E-state index in [-0.39, 0.29) is 12.3 Å². The standard InChI is InChI=1S/C28H26N2O2/c1-20-14-15-22(16-21(20)2)17-28(31)30-29-18-24-9-4-6-13-27(24)32-19-25-11-7-10-23-8-3-5-12-26(23)25/h3-16,18H,17,19H2,1-2H3,(H,30,31)/b29-18-. The zero-order valence-corrected chi connectivity index (χ0v) is 18.3. The third-order valence-electron chi connectivity index (χ3n) is 5.51. The minimum Gasteiger partial charge on any atom is -0.488 e. The van der Waals surface area contributed by atoms with Crippen LogP contribution in [0, 0.1) is 13.8 Å². The van der Waals surface area contributed by atoms with E-state index < -0.39 is 0 Å². The van der Waals surface area contributed by atoms with Crippen LogP contribution in [0.4, 0.5) is 0 Å². The van der Waals surface area contributed by atoms with Gasteiger partial charge in [0.05, 0.1) is 12.6 Å². The second kappa shape index (κ2) is 9.92. The Kier molecular flexibility index (Phi) is 6.61. The third kappa shape index (κ3) is 5.22. The lowest BCUT2D eigenvalue weighted by molar-refractivity contribution is -0.120. The predicted molar refractivity (Wildman–Crippen MR) is 130 cm³/mol. The Morgan fingerprint density at radius 2 is 1.69 bits per heavy atom. The number of rotatable bonds is 7. The molecule has 0 fully saturated rings. The number of hydrazone groups is 1. The molecule has 0 aliphatic heterocycles. The van der Waals surface area contributed by atoms with Crippen LogP contribution in [0.1, 0.15) is 27.8 Å². The van der Waals surface area contributed by atoms with Crippen molar-refractivity contribution in [2.75, 3.05) is 0 Å². The Bertz CT molecular complexity index is 1270. The van der Waals surface area contributed by atoms with Crippen LogP contribution in [0.5, 0.6) is 5.75 Å². The van der Waals surface area contributed by atoms with Gasteiger partial charge in [0.2, 0.25) is 5.91 Å². The van der Waals surface area contributed by atoms with E-state index in [1.165, 1.54) is 21.9 Å². The molecule has 4 heteroatoms. The van der Waals surface area contributed by atoms with Gasteiger partial charge in [0, 0.05) is 5.56 Å². The number of benzene rings is 4. The highest BCUT2D eigenvalue weighted by atomic mass is 16.5. The fourth-order valence-corrected chi connectivity index (χ4v) is 3.60. The van der Waals surface area contributed by atoms with Crippen molar-refractivity contribution in [1.82, 2.24) is 5.43 Å². The number of ether oxygens (including phenoxy) is 1. The van der Waals surface area contributed by atoms with Crippen LogP contribution >= 0.6 is 0 Å². The number of carbonyl (C=O) groups is 1. The van der Waals surface area contributed by atoms with E-state index >= 15 is 0 Å². The average molecular weight is 423 g/mol. The summed E-state index contributed by atoms with van der Waals surface area (Å²) in [7, 11) is 0. The molecular formula is C28H26N2O2. The zero-order valence-electron chi connectivity index (χ0n) is 18.3. The highest BCUT2D eigenvalue weighted by Gasteiger charge is 2.06. The van der Waals surface area contributed by atoms with Gasteiger partial charge in [-0.15, -0.1) is 0 Å². The maximum Gasteiger partial charge on any atom is 0.244 e. The summed E-state index contributed by atoms with van der Waals surface area (Å²) in [5.74, 6) is 0.561. The van der Waals surface area contributed by atoms with Crippen LogP contribution in [0.25, 0.3) is 10.8 Å². The van der Waals surface area contributed by atoms with Crippen LogP contribution < -0.4 is 10.2 Å². The van der Waals surface area contributed by atoms with Crippen LogP contribution in [0.3, 0.4) is 0 Å². The average Bonchev–Trinajstić information content (AvgIpc) is 2.81. The molecule has 0 aliphatic rings. The van der Waals surface area contributed by atoms with Crippen molar-refractivity contribution in [3.63, 3.8) is 0 Å². The maximum absolute atomic E-state index is 12.3. The lowest BCUT2D eigenvalue weighted by Crippen LogP contribution is -2.19. The molecule has 4 rings (SSSR count). The number of amides is 1. The zero-order chi connectivity index (χ0) is 22.3. The number of hydrogen-bond donors (Lipinski definition) is 1. The number of carbonyl (C=O) groups excluding carboxylic acids is 1. The molecule has 1 amide bonds. The van der Waals surface area contributed by atoms with Crippen molar-refractivity contribution in [1.29, 1.82) is 0 Å². The van der Waals surface area contributed by atoms with Crippen LogP contribution in [-0.4, -0.2) is 12.1 Å². The molecular weight excluding hydrogens is 396 g/mol. The van der Waals surface area contributed by atoms with Gasteiger partial charge in [0.15, 0.2) is 0 Å². The molecule has 4 aromatic carbocycles. The van der Waals surface area contributed by atoms with E-state index in [0.29, 0.717) is 12.4 Å². The first kappa shape index (κ1) is 21.3. The van der Waals surface area contributed by atoms with E-state index in [1.807, 2.05) is 67.6 Å². The molecule has 1 N–H and O–H groups in total. The number of fused-ring (bicyclic) bond motifs is 1. The van der Waals surface area contributed by atoms with E-state index in [1.54, 1.807) is 6.21 Å². The fourth-order valence-electron chi connectivity index (χ4n) is 3.60. The minimum atomic E-state index is -0.154. The molecule has 0 saturated carbocycles. The summed E-state index contributed by atoms with van der Waals surface area (Å²) in [4.78, 5) is 12.3. The highest BCUT2D eigenvalue weighted by Crippen LogP contribution is 2.22. The molecule has 0 saturated heterocycles. The van der Waals surface area contributed by atoms with Crippen molar-refractivity contribution in [3.8, 4) is 5.75 Å². The first-order valence-corrected chi connectivity index (χ1v) is 10.7. The topological polar surface area (TPSA) is 50.7 Å². The SMILES string of the molecule is Cc1ccc(CC(=O)N/N=C\c2ccccc2OCc2cccc3ccccc23)cc1C. The van der Waals surface area contributed by atoms with Gasteiger partial charge in [-0.1, -0.05) is 72.8 Å². The molecule has 32 heavy (non-hydrogen) atoms. The monoisotopic (exact) mass is 422 g/mol. The van der Waals surface area contributed by atoms with Crippen molar-refractivity contribution < 1.29 is 9.53 Å². The molecule has 0 aliphatic carbocycles. The lowest BCUT2D eigenvalue weighted by atomic mass is 10.0. The lowest BCUT2D eigenvalue weighted by Gasteiger charge is -2.11. The Hall–Kier alpha value is -3.92. The number of aryl methyl sites for hydroxylation is 2. The number of nitrogens with zero attached hydrogens (tertiary/aromatic N) is 1. The third-order valence-corrected chi connectivity index (χ3v) is 5.51. The summed E-state index contributed by atoms with van der Waals surface area (Å²) in [6.45, 7) is 4.55. The van der Waals surface area contributed by atoms with Gasteiger partial charge >= 0.3 is 0 Å². The van der Waals surface area contributed by atoms with Gasteiger partial charge in [-0.25, -0.2) is 5.43 Å². The van der Waals surface area contributed by atoms with Crippen molar-refractivity contribution in [3.05, 3.63) is 113 Å². The highest BCUT2D eigenvalue weighted by molar-refractivity contribution is 5.86. The smallest absolute Gasteiger partial charge is 0.244 e. The van der Waals surface area contributed by atoms with Crippen molar-refractivity contribution in [2.24, 2.45) is 5.10 Å². The molecule has 0 spiro atoms. The summed E-state index contributed by atoms with van der Waals surface area (Å²) < 4.78 is 6.10. The summed E-state index contributed by atoms with van der Waals surface area (Å²) >= 11 is 0. The molecule has 4 aromatic rings. The second-order valence-corrected chi connectivity index (χ2v) is 7.85. The van der Waals surface area contributed by atoms with Gasteiger partial charge < -0.3 is 4.74 Å². The number of hydrogen-bond acceptors (Lipinski definition) is 3. The van der Waals surface area contributed by atoms with Gasteiger partial charge in [0.1, 0.15) is 12.4 Å². The quantitative estimate of drug-likeness (QED) is 0.305. The van der Waals surface area contributed by atoms with Gasteiger partial charge in [-0.3, -0.25) is 4.79 Å². The maximum atomic E-state index is 12.3. The Labute approximate surface area is 188 Å². The Morgan fingerprint density at radius 1 is 0.906 bits per heavy atom. The second-order valence-electron chi connectivity index (χ2n) is 7.85. The van der Waals surface area contributed by atoms with Crippen LogP contribution in [-0.2, 0) is 17.8 Å². The van der Waals surface area contributed by atoms with E-state index in [4.69, 9.17) is 4.74 Å². The molecule has 0 atom stereocenters. The Morgan fingerprint density at radius 3 is 2.56 bits per heavy atom. The normalized spacial score (nSPS) is 11.1. The largest absolute Gasteiger partial charge is 0.488 e. The number of para-hydroxylation sites is 1. The minimum absolute atomic E-state index is 0.154. The fraction of sp³-hybridized carbons (Fsp3) is 0.143. The number of nitrogens with one attached hydrogen (secondary N) is 1. The van der Waals surface area contributed by atoms with Gasteiger partial charge in [-0.2, -0.15) is 5.10 Å². The predicted octanol–water partition coefficient (Wildman–Crippen LogP) is 5.73. The van der Waals surface area contributed by atoms with Crippen LogP contribution in [0.15, 0.2) is 90.0 Å². The summed E-state index contributed by atoms with van der Waals surface area (Å²) in [5, 5.41) is 6.51. The summed E-state index contributed by atoms with van der Waals surface area (Å²) in [6.07, 6.45) is 1.91. The first-order chi connectivity index (χ1) is 15.6. The Balaban J connectivity index is 1.40. The summed E-state index contributed by atoms with van der Waals surface area (Å²) in [6, 6.07) is 28.2. The van der Waals surface area contributed by atoms with Crippen molar-refractivity contribution >= 4 is 22.9 Å². The molecule has 0 heterocycles. The van der Waals surface area contributed by atoms with Gasteiger partial charge in [-0.05, 0) is 59.0 Å². The molecule has 0 aromatic heterocycles. The summed E-state index contributed by atoms with van der Waals surface area (Å²) in [5.41, 5.74) is 7.90. The van der Waals surface area contributed by atoms with Crippen molar-refractivity contribution in [2.45, 2.75) is 26.9 Å². The molecule has 0 bridgehead atoms. The first-order valence-electron chi connectivity index (χ1n) is 10.7.